The van der Waals surface area contributed by atoms with Gasteiger partial charge in [-0.3, -0.25) is 0 Å². The molecule has 1 aliphatic heterocycles. The zero-order valence-electron chi connectivity index (χ0n) is 28.7. The molecule has 9 rings (SSSR count). The molecule has 1 aromatic heterocycles. The molecule has 0 saturated carbocycles. The van der Waals surface area contributed by atoms with Gasteiger partial charge in [0.15, 0.2) is 5.82 Å². The first kappa shape index (κ1) is 30.9. The monoisotopic (exact) mass is 668 g/mol. The average molecular weight is 669 g/mol. The van der Waals surface area contributed by atoms with Crippen LogP contribution in [-0.4, -0.2) is 18.0 Å². The molecule has 7 aromatic carbocycles. The molecule has 8 aromatic rings. The highest BCUT2D eigenvalue weighted by Gasteiger charge is 2.37. The molecule has 2 nitrogen and oxygen atoms in total. The molecule has 0 unspecified atom stereocenters. The molecule has 0 radical (unpaired) electrons. The van der Waals surface area contributed by atoms with Gasteiger partial charge in [-0.2, -0.15) is 0 Å². The normalized spacial score (nSPS) is 12.7. The van der Waals surface area contributed by atoms with Crippen LogP contribution in [0.25, 0.3) is 78.4 Å². The van der Waals surface area contributed by atoms with Crippen molar-refractivity contribution in [2.24, 2.45) is 0 Å². The predicted octanol–water partition coefficient (Wildman–Crippen LogP) is 11.3. The van der Waals surface area contributed by atoms with Crippen molar-refractivity contribution in [3.05, 3.63) is 182 Å². The van der Waals surface area contributed by atoms with Crippen molar-refractivity contribution in [1.82, 2.24) is 9.97 Å². The first-order valence-electron chi connectivity index (χ1n) is 17.6. The van der Waals surface area contributed by atoms with Crippen LogP contribution in [0.2, 0.25) is 13.1 Å². The van der Waals surface area contributed by atoms with Crippen molar-refractivity contribution < 1.29 is 0 Å². The summed E-state index contributed by atoms with van der Waals surface area (Å²) >= 11 is 0. The lowest BCUT2D eigenvalue weighted by molar-refractivity contribution is 1.18. The van der Waals surface area contributed by atoms with Crippen LogP contribution in [0.3, 0.4) is 0 Å². The van der Waals surface area contributed by atoms with E-state index in [1.165, 1.54) is 44.1 Å². The molecule has 51 heavy (non-hydrogen) atoms. The van der Waals surface area contributed by atoms with Crippen LogP contribution in [0.15, 0.2) is 182 Å². The van der Waals surface area contributed by atoms with Crippen molar-refractivity contribution in [1.29, 1.82) is 0 Å². The van der Waals surface area contributed by atoms with Gasteiger partial charge in [-0.05, 0) is 79.1 Å². The fraction of sp³-hybridized carbons (Fsp3) is 0.0417. The first-order valence-corrected chi connectivity index (χ1v) is 20.6. The molecule has 0 saturated heterocycles. The van der Waals surface area contributed by atoms with Crippen molar-refractivity contribution in [2.75, 3.05) is 0 Å². The zero-order chi connectivity index (χ0) is 34.4. The van der Waals surface area contributed by atoms with Gasteiger partial charge < -0.3 is 0 Å². The summed E-state index contributed by atoms with van der Waals surface area (Å²) in [7, 11) is -1.67. The number of nitrogens with zero attached hydrogens (tertiary/aromatic N) is 2. The lowest BCUT2D eigenvalue weighted by Gasteiger charge is -2.18. The Balaban J connectivity index is 1.02. The van der Waals surface area contributed by atoms with E-state index in [-0.39, 0.29) is 0 Å². The summed E-state index contributed by atoms with van der Waals surface area (Å²) in [5.74, 6) is 0.716. The summed E-state index contributed by atoms with van der Waals surface area (Å²) in [6.45, 7) is 4.94. The molecule has 0 amide bonds. The number of hydrogen-bond acceptors (Lipinski definition) is 2. The smallest absolute Gasteiger partial charge is 0.160 e. The van der Waals surface area contributed by atoms with Crippen LogP contribution in [0.1, 0.15) is 0 Å². The fourth-order valence-electron chi connectivity index (χ4n) is 7.56. The Kier molecular flexibility index (Phi) is 7.64. The van der Waals surface area contributed by atoms with Crippen LogP contribution in [0.5, 0.6) is 0 Å². The minimum absolute atomic E-state index is 0.716. The molecule has 0 spiro atoms. The Labute approximate surface area is 300 Å². The fourth-order valence-corrected chi connectivity index (χ4v) is 10.6. The van der Waals surface area contributed by atoms with Crippen LogP contribution >= 0.6 is 0 Å². The highest BCUT2D eigenvalue weighted by molar-refractivity contribution is 7.03. The summed E-state index contributed by atoms with van der Waals surface area (Å²) in [6.07, 6.45) is 0. The molecular formula is C48H36N2Si. The molecule has 2 heterocycles. The Bertz CT molecular complexity index is 2480. The molecule has 3 heteroatoms. The number of fused-ring (bicyclic) bond motifs is 3. The minimum atomic E-state index is -1.67. The van der Waals surface area contributed by atoms with E-state index >= 15 is 0 Å². The van der Waals surface area contributed by atoms with E-state index < -0.39 is 8.07 Å². The van der Waals surface area contributed by atoms with Gasteiger partial charge in [0, 0.05) is 16.7 Å². The van der Waals surface area contributed by atoms with Crippen LogP contribution in [0, 0.1) is 0 Å². The molecule has 0 fully saturated rings. The topological polar surface area (TPSA) is 25.8 Å². The highest BCUT2D eigenvalue weighted by atomic mass is 28.3. The van der Waals surface area contributed by atoms with Gasteiger partial charge in [-0.1, -0.05) is 171 Å². The van der Waals surface area contributed by atoms with E-state index in [4.69, 9.17) is 9.97 Å². The summed E-state index contributed by atoms with van der Waals surface area (Å²) in [6, 6.07) is 65.3. The molecule has 0 atom stereocenters. The Morgan fingerprint density at radius 2 is 0.745 bits per heavy atom. The SMILES string of the molecule is C[Si]1(C)c2ccccc2-c2cc(-c3cccc(-c4cccc(-c5ccc(-c6nc(-c7ccccc7)cc(-c7ccccc7)n6)cc5)c4)c3)ccc21. The summed E-state index contributed by atoms with van der Waals surface area (Å²) in [5, 5.41) is 3.08. The molecule has 0 bridgehead atoms. The second-order valence-electron chi connectivity index (χ2n) is 13.9. The third-order valence-corrected chi connectivity index (χ3v) is 13.9. The summed E-state index contributed by atoms with van der Waals surface area (Å²) < 4.78 is 0. The number of hydrogen-bond donors (Lipinski definition) is 0. The predicted molar refractivity (Wildman–Crippen MR) is 217 cm³/mol. The highest BCUT2D eigenvalue weighted by Crippen LogP contribution is 2.35. The minimum Gasteiger partial charge on any atom is -0.228 e. The third kappa shape index (κ3) is 5.72. The lowest BCUT2D eigenvalue weighted by Crippen LogP contribution is -2.49. The van der Waals surface area contributed by atoms with Gasteiger partial charge in [0.2, 0.25) is 0 Å². The zero-order valence-corrected chi connectivity index (χ0v) is 29.7. The van der Waals surface area contributed by atoms with Crippen LogP contribution in [-0.2, 0) is 0 Å². The molecular weight excluding hydrogens is 633 g/mol. The van der Waals surface area contributed by atoms with E-state index in [9.17, 15) is 0 Å². The Morgan fingerprint density at radius 1 is 0.314 bits per heavy atom. The van der Waals surface area contributed by atoms with Crippen LogP contribution in [0.4, 0.5) is 0 Å². The number of benzene rings is 7. The van der Waals surface area contributed by atoms with Crippen molar-refractivity contribution >= 4 is 18.4 Å². The number of rotatable bonds is 6. The molecule has 0 aliphatic carbocycles. The van der Waals surface area contributed by atoms with Gasteiger partial charge >= 0.3 is 0 Å². The maximum absolute atomic E-state index is 5.02. The standard InChI is InChI=1S/C48H36N2Si/c1-51(2)46-22-10-9-21-42(46)43-31-41(27-28-47(43)51)40-20-12-19-39(30-40)38-18-11-17-37(29-38)33-23-25-36(26-24-33)48-49-44(34-13-5-3-6-14-34)32-45(50-48)35-15-7-4-8-16-35/h3-32H,1-2H3. The lowest BCUT2D eigenvalue weighted by atomic mass is 9.94. The summed E-state index contributed by atoms with van der Waals surface area (Å²) in [5.41, 5.74) is 15.0. The maximum Gasteiger partial charge on any atom is 0.160 e. The Morgan fingerprint density at radius 3 is 1.33 bits per heavy atom. The average Bonchev–Trinajstić information content (AvgIpc) is 3.44. The largest absolute Gasteiger partial charge is 0.228 e. The summed E-state index contributed by atoms with van der Waals surface area (Å²) in [4.78, 5) is 10.0. The van der Waals surface area contributed by atoms with Gasteiger partial charge in [0.25, 0.3) is 0 Å². The van der Waals surface area contributed by atoms with Crippen molar-refractivity contribution in [2.45, 2.75) is 13.1 Å². The van der Waals surface area contributed by atoms with Gasteiger partial charge in [0.1, 0.15) is 8.07 Å². The van der Waals surface area contributed by atoms with Gasteiger partial charge in [-0.15, -0.1) is 0 Å². The van der Waals surface area contributed by atoms with E-state index in [1.807, 2.05) is 36.4 Å². The second-order valence-corrected chi connectivity index (χ2v) is 18.2. The van der Waals surface area contributed by atoms with Gasteiger partial charge in [-0.25, -0.2) is 9.97 Å². The van der Waals surface area contributed by atoms with E-state index in [0.29, 0.717) is 5.82 Å². The number of aromatic nitrogens is 2. The molecule has 242 valence electrons. The Hall–Kier alpha value is -6.16. The molecule has 0 N–H and O–H groups in total. The van der Waals surface area contributed by atoms with E-state index in [1.54, 1.807) is 5.19 Å². The van der Waals surface area contributed by atoms with Crippen LogP contribution < -0.4 is 10.4 Å². The van der Waals surface area contributed by atoms with Crippen molar-refractivity contribution in [3.63, 3.8) is 0 Å². The second kappa shape index (κ2) is 12.6. The van der Waals surface area contributed by atoms with Gasteiger partial charge in [0.05, 0.1) is 11.4 Å². The quantitative estimate of drug-likeness (QED) is 0.165. The van der Waals surface area contributed by atoms with E-state index in [2.05, 4.69) is 159 Å². The van der Waals surface area contributed by atoms with Crippen molar-refractivity contribution in [3.8, 4) is 78.4 Å². The molecule has 1 aliphatic rings. The first-order chi connectivity index (χ1) is 25.0. The maximum atomic E-state index is 5.02. The van der Waals surface area contributed by atoms with E-state index in [0.717, 1.165) is 33.6 Å². The third-order valence-electron chi connectivity index (χ3n) is 10.3.